The highest BCUT2D eigenvalue weighted by atomic mass is 32.2. The number of nitrogens with one attached hydrogen (secondary N) is 1. The van der Waals surface area contributed by atoms with Crippen molar-refractivity contribution >= 4 is 20.0 Å². The summed E-state index contributed by atoms with van der Waals surface area (Å²) in [5.74, 6) is 0. The van der Waals surface area contributed by atoms with Crippen molar-refractivity contribution in [3.8, 4) is 0 Å². The highest BCUT2D eigenvalue weighted by Crippen LogP contribution is 2.44. The second-order valence-corrected chi connectivity index (χ2v) is 3.94. The van der Waals surface area contributed by atoms with Gasteiger partial charge in [-0.3, -0.25) is 9.05 Å². The molecule has 0 unspecified atom stereocenters. The minimum atomic E-state index is -3.26. The van der Waals surface area contributed by atoms with Gasteiger partial charge in [0.25, 0.3) is 0 Å². The minimum Gasteiger partial charge on any atom is -0.316 e. The van der Waals surface area contributed by atoms with E-state index in [1.54, 1.807) is 13.8 Å². The largest absolute Gasteiger partial charge is 0.416 e. The Bertz CT molecular complexity index is 120. The fourth-order valence-electron chi connectivity index (χ4n) is 0.480. The van der Waals surface area contributed by atoms with Crippen LogP contribution in [-0.2, 0) is 13.6 Å². The van der Waals surface area contributed by atoms with E-state index in [0.717, 1.165) is 0 Å². The Balaban J connectivity index is 3.91. The molecule has 0 amide bonds. The summed E-state index contributed by atoms with van der Waals surface area (Å²) in [5.41, 5.74) is 0. The van der Waals surface area contributed by atoms with Crippen molar-refractivity contribution in [3.05, 3.63) is 0 Å². The fraction of sp³-hybridized carbons (Fsp3) is 1.00. The van der Waals surface area contributed by atoms with Crippen LogP contribution in [0.25, 0.3) is 0 Å². The highest BCUT2D eigenvalue weighted by Gasteiger charge is 2.22. The molecule has 0 fully saturated rings. The molecule has 0 aliphatic rings. The molecular formula is C4H12NO4PS. The van der Waals surface area contributed by atoms with E-state index in [2.05, 4.69) is 4.49 Å². The summed E-state index contributed by atoms with van der Waals surface area (Å²) in [6.07, 6.45) is 0. The lowest BCUT2D eigenvalue weighted by Gasteiger charge is -2.14. The molecule has 0 aliphatic heterocycles. The zero-order valence-corrected chi connectivity index (χ0v) is 8.15. The van der Waals surface area contributed by atoms with Crippen LogP contribution in [0, 0.1) is 0 Å². The van der Waals surface area contributed by atoms with Crippen LogP contribution < -0.4 is 4.49 Å². The van der Waals surface area contributed by atoms with Crippen molar-refractivity contribution in [3.63, 3.8) is 0 Å². The van der Waals surface area contributed by atoms with E-state index in [0.29, 0.717) is 0 Å². The quantitative estimate of drug-likeness (QED) is 0.388. The van der Waals surface area contributed by atoms with E-state index in [9.17, 15) is 4.57 Å². The Morgan fingerprint density at radius 3 is 2.18 bits per heavy atom. The molecule has 0 rings (SSSR count). The third-order valence-electron chi connectivity index (χ3n) is 0.751. The lowest BCUT2D eigenvalue weighted by atomic mass is 10.9. The van der Waals surface area contributed by atoms with Crippen LogP contribution in [0.1, 0.15) is 13.8 Å². The maximum Gasteiger partial charge on any atom is 0.416 e. The molecule has 0 bridgehead atoms. The smallest absolute Gasteiger partial charge is 0.316 e. The molecule has 0 aromatic carbocycles. The normalized spacial score (nSPS) is 11.9. The molecule has 0 aromatic rings. The molecule has 11 heavy (non-hydrogen) atoms. The van der Waals surface area contributed by atoms with Gasteiger partial charge in [0, 0.05) is 0 Å². The first-order valence-electron chi connectivity index (χ1n) is 3.15. The molecule has 0 aliphatic carbocycles. The van der Waals surface area contributed by atoms with Crippen LogP contribution in [0.15, 0.2) is 0 Å². The summed E-state index contributed by atoms with van der Waals surface area (Å²) in [4.78, 5) is 0. The SMILES string of the molecule is CCOP(=O)(NSO)OCC. The summed E-state index contributed by atoms with van der Waals surface area (Å²) < 4.78 is 31.3. The topological polar surface area (TPSA) is 67.8 Å². The summed E-state index contributed by atoms with van der Waals surface area (Å²) in [6, 6.07) is 0. The molecule has 0 atom stereocenters. The lowest BCUT2D eigenvalue weighted by molar-refractivity contribution is 0.217. The summed E-state index contributed by atoms with van der Waals surface area (Å²) in [7, 11) is -3.26. The summed E-state index contributed by atoms with van der Waals surface area (Å²) in [6.45, 7) is 3.92. The molecule has 2 N–H and O–H groups in total. The lowest BCUT2D eigenvalue weighted by Crippen LogP contribution is -2.07. The van der Waals surface area contributed by atoms with E-state index in [1.807, 2.05) is 0 Å². The van der Waals surface area contributed by atoms with E-state index in [4.69, 9.17) is 13.6 Å². The highest BCUT2D eigenvalue weighted by molar-refractivity contribution is 7.96. The van der Waals surface area contributed by atoms with Crippen molar-refractivity contribution in [2.45, 2.75) is 13.8 Å². The van der Waals surface area contributed by atoms with Gasteiger partial charge in [-0.05, 0) is 13.8 Å². The standard InChI is InChI=1S/C4H12NO4PS/c1-3-8-10(6,5-11-7)9-4-2/h7H,3-4H2,1-2H3,(H,5,6). The van der Waals surface area contributed by atoms with Crippen molar-refractivity contribution in [1.82, 2.24) is 4.49 Å². The van der Waals surface area contributed by atoms with Crippen LogP contribution in [-0.4, -0.2) is 17.8 Å². The maximum absolute atomic E-state index is 11.3. The molecule has 7 heteroatoms. The minimum absolute atomic E-state index is 0.225. The number of hydrogen-bond donors (Lipinski definition) is 2. The summed E-state index contributed by atoms with van der Waals surface area (Å²) in [5, 5.41) is 0. The fourth-order valence-corrected chi connectivity index (χ4v) is 2.06. The molecule has 68 valence electrons. The second-order valence-electron chi connectivity index (χ2n) is 1.52. The van der Waals surface area contributed by atoms with Crippen LogP contribution >= 0.6 is 20.0 Å². The molecule has 0 heterocycles. The monoisotopic (exact) mass is 201 g/mol. The molecule has 0 radical (unpaired) electrons. The summed E-state index contributed by atoms with van der Waals surface area (Å²) >= 11 is 0.225. The van der Waals surface area contributed by atoms with E-state index in [1.165, 1.54) is 0 Å². The van der Waals surface area contributed by atoms with Crippen molar-refractivity contribution in [2.24, 2.45) is 0 Å². The molecule has 0 saturated carbocycles. The predicted molar refractivity (Wildman–Crippen MR) is 44.2 cm³/mol. The van der Waals surface area contributed by atoms with Gasteiger partial charge in [-0.15, -0.1) is 4.49 Å². The van der Waals surface area contributed by atoms with E-state index < -0.39 is 7.75 Å². The Labute approximate surface area is 70.4 Å². The van der Waals surface area contributed by atoms with Gasteiger partial charge in [0.1, 0.15) is 0 Å². The third kappa shape index (κ3) is 4.79. The molecule has 5 nitrogen and oxygen atoms in total. The first-order valence-corrected chi connectivity index (χ1v) is 5.47. The zero-order valence-electron chi connectivity index (χ0n) is 6.44. The van der Waals surface area contributed by atoms with E-state index >= 15 is 0 Å². The van der Waals surface area contributed by atoms with Crippen molar-refractivity contribution < 1.29 is 18.2 Å². The van der Waals surface area contributed by atoms with Crippen LogP contribution in [0.2, 0.25) is 0 Å². The average Bonchev–Trinajstić information content (AvgIpc) is 1.88. The Hall–Kier alpha value is 0.420. The maximum atomic E-state index is 11.3. The van der Waals surface area contributed by atoms with Gasteiger partial charge < -0.3 is 4.55 Å². The Kier molecular flexibility index (Phi) is 6.22. The molecule has 0 aromatic heterocycles. The first-order chi connectivity index (χ1) is 5.18. The van der Waals surface area contributed by atoms with Gasteiger partial charge in [0.15, 0.2) is 0 Å². The molecular weight excluding hydrogens is 189 g/mol. The molecule has 0 spiro atoms. The first kappa shape index (κ1) is 11.4. The van der Waals surface area contributed by atoms with Crippen LogP contribution in [0.3, 0.4) is 0 Å². The second kappa shape index (κ2) is 5.99. The van der Waals surface area contributed by atoms with Gasteiger partial charge in [-0.1, -0.05) is 0 Å². The molecule has 0 saturated heterocycles. The van der Waals surface area contributed by atoms with Crippen molar-refractivity contribution in [2.75, 3.05) is 13.2 Å². The number of rotatable bonds is 6. The Morgan fingerprint density at radius 1 is 1.45 bits per heavy atom. The van der Waals surface area contributed by atoms with Gasteiger partial charge >= 0.3 is 7.75 Å². The van der Waals surface area contributed by atoms with Gasteiger partial charge in [0.05, 0.1) is 25.4 Å². The van der Waals surface area contributed by atoms with Gasteiger partial charge in [-0.25, -0.2) is 4.57 Å². The van der Waals surface area contributed by atoms with E-state index in [-0.39, 0.29) is 25.4 Å². The number of hydrogen-bond acceptors (Lipinski definition) is 5. The van der Waals surface area contributed by atoms with Crippen LogP contribution in [0.4, 0.5) is 0 Å². The zero-order chi connectivity index (χ0) is 8.74. The Morgan fingerprint density at radius 2 is 1.91 bits per heavy atom. The van der Waals surface area contributed by atoms with Crippen LogP contribution in [0.5, 0.6) is 0 Å². The third-order valence-corrected chi connectivity index (χ3v) is 3.17. The van der Waals surface area contributed by atoms with Crippen molar-refractivity contribution in [1.29, 1.82) is 0 Å². The van der Waals surface area contributed by atoms with Gasteiger partial charge in [-0.2, -0.15) is 0 Å². The predicted octanol–water partition coefficient (Wildman–Crippen LogP) is 1.88. The van der Waals surface area contributed by atoms with Gasteiger partial charge in [0.2, 0.25) is 0 Å². The average molecular weight is 201 g/mol.